The van der Waals surface area contributed by atoms with Gasteiger partial charge in [0.2, 0.25) is 0 Å². The van der Waals surface area contributed by atoms with Crippen molar-refractivity contribution in [3.63, 3.8) is 0 Å². The van der Waals surface area contributed by atoms with E-state index in [9.17, 15) is 4.39 Å². The predicted molar refractivity (Wildman–Crippen MR) is 69.5 cm³/mol. The average molecular weight is 349 g/mol. The van der Waals surface area contributed by atoms with Crippen LogP contribution < -0.4 is 0 Å². The Hall–Kier alpha value is -0.840. The molecule has 0 aliphatic heterocycles. The molecule has 1 aromatic carbocycles. The van der Waals surface area contributed by atoms with Gasteiger partial charge in [0.1, 0.15) is 5.82 Å². The molecule has 0 aromatic heterocycles. The number of benzene rings is 1. The van der Waals surface area contributed by atoms with E-state index < -0.39 is 0 Å². The first-order valence-corrected chi connectivity index (χ1v) is 6.05. The summed E-state index contributed by atoms with van der Waals surface area (Å²) in [6.07, 6.45) is 4.02. The van der Waals surface area contributed by atoms with Crippen LogP contribution in [0.3, 0.4) is 0 Å². The highest BCUT2D eigenvalue weighted by Crippen LogP contribution is 2.26. The highest BCUT2D eigenvalue weighted by Gasteiger charge is 2.04. The van der Waals surface area contributed by atoms with E-state index in [0.29, 0.717) is 27.5 Å². The maximum Gasteiger partial charge on any atom is 0.132 e. The molecular weight excluding hydrogens is 341 g/mol. The van der Waals surface area contributed by atoms with E-state index in [0.717, 1.165) is 0 Å². The van der Waals surface area contributed by atoms with Crippen LogP contribution in [0.2, 0.25) is 0 Å². The largest absolute Gasteiger partial charge is 0.206 e. The summed E-state index contributed by atoms with van der Waals surface area (Å²) in [6.45, 7) is 0.378. The van der Waals surface area contributed by atoms with Crippen molar-refractivity contribution in [2.45, 2.75) is 6.42 Å². The Morgan fingerprint density at radius 2 is 2.19 bits per heavy atom. The molecule has 0 saturated carbocycles. The van der Waals surface area contributed by atoms with Crippen LogP contribution in [0.15, 0.2) is 32.3 Å². The number of halogens is 3. The summed E-state index contributed by atoms with van der Waals surface area (Å²) in [7, 11) is 0. The van der Waals surface area contributed by atoms with Gasteiger partial charge in [-0.25, -0.2) is 4.39 Å². The van der Waals surface area contributed by atoms with Crippen LogP contribution in [0.4, 0.5) is 4.39 Å². The zero-order valence-electron chi connectivity index (χ0n) is 8.20. The van der Waals surface area contributed by atoms with Crippen LogP contribution in [-0.4, -0.2) is 6.54 Å². The Kier molecular flexibility index (Phi) is 5.52. The molecule has 0 heterocycles. The summed E-state index contributed by atoms with van der Waals surface area (Å²) in [4.78, 5) is 2.63. The second-order valence-electron chi connectivity index (χ2n) is 2.93. The third-order valence-corrected chi connectivity index (χ3v) is 2.90. The summed E-state index contributed by atoms with van der Waals surface area (Å²) in [5, 5.41) is 3.38. The van der Waals surface area contributed by atoms with Gasteiger partial charge in [-0.3, -0.25) is 0 Å². The fourth-order valence-electron chi connectivity index (χ4n) is 1.09. The normalized spacial score (nSPS) is 10.4. The van der Waals surface area contributed by atoms with E-state index in [-0.39, 0.29) is 5.82 Å². The molecule has 0 bridgehead atoms. The van der Waals surface area contributed by atoms with Gasteiger partial charge >= 0.3 is 0 Å². The number of azide groups is 1. The van der Waals surface area contributed by atoms with Gasteiger partial charge in [-0.2, -0.15) is 0 Å². The molecule has 0 N–H and O–H groups in total. The Bertz CT molecular complexity index is 430. The van der Waals surface area contributed by atoms with Crippen LogP contribution in [-0.2, 0) is 0 Å². The van der Waals surface area contributed by atoms with Gasteiger partial charge < -0.3 is 0 Å². The van der Waals surface area contributed by atoms with Gasteiger partial charge in [0.25, 0.3) is 0 Å². The summed E-state index contributed by atoms with van der Waals surface area (Å²) < 4.78 is 14.9. The molecule has 0 unspecified atom stereocenters. The van der Waals surface area contributed by atoms with E-state index in [1.165, 1.54) is 6.07 Å². The molecule has 1 aromatic rings. The van der Waals surface area contributed by atoms with Gasteiger partial charge in [0.15, 0.2) is 0 Å². The van der Waals surface area contributed by atoms with Gasteiger partial charge in [0, 0.05) is 26.0 Å². The highest BCUT2D eigenvalue weighted by atomic mass is 79.9. The molecule has 0 aliphatic carbocycles. The molecule has 0 spiro atoms. The number of hydrogen-bond donors (Lipinski definition) is 0. The maximum absolute atomic E-state index is 13.5. The Morgan fingerprint density at radius 1 is 1.44 bits per heavy atom. The van der Waals surface area contributed by atoms with Gasteiger partial charge in [-0.15, -0.1) is 0 Å². The lowest BCUT2D eigenvalue weighted by atomic mass is 10.2. The topological polar surface area (TPSA) is 48.8 Å². The lowest BCUT2D eigenvalue weighted by Gasteiger charge is -2.01. The van der Waals surface area contributed by atoms with Gasteiger partial charge in [-0.05, 0) is 24.1 Å². The van der Waals surface area contributed by atoms with Crippen LogP contribution in [0.1, 0.15) is 12.0 Å². The molecule has 0 amide bonds. The molecule has 0 saturated heterocycles. The molecule has 1 rings (SSSR count). The molecule has 0 fully saturated rings. The summed E-state index contributed by atoms with van der Waals surface area (Å²) in [6, 6.07) is 3.17. The van der Waals surface area contributed by atoms with Crippen LogP contribution in [0.25, 0.3) is 16.5 Å². The lowest BCUT2D eigenvalue weighted by Crippen LogP contribution is -1.84. The number of hydrogen-bond acceptors (Lipinski definition) is 1. The average Bonchev–Trinajstić information content (AvgIpc) is 2.20. The molecule has 16 heavy (non-hydrogen) atoms. The fraction of sp³-hybridized carbons (Fsp3) is 0.200. The monoisotopic (exact) mass is 347 g/mol. The van der Waals surface area contributed by atoms with E-state index in [1.807, 2.05) is 0 Å². The van der Waals surface area contributed by atoms with Crippen LogP contribution >= 0.6 is 31.9 Å². The first kappa shape index (κ1) is 13.2. The molecule has 0 atom stereocenters. The van der Waals surface area contributed by atoms with Crippen molar-refractivity contribution in [3.8, 4) is 0 Å². The lowest BCUT2D eigenvalue weighted by molar-refractivity contribution is 0.623. The molecule has 6 heteroatoms. The second kappa shape index (κ2) is 6.68. The second-order valence-corrected chi connectivity index (χ2v) is 4.70. The third kappa shape index (κ3) is 3.96. The summed E-state index contributed by atoms with van der Waals surface area (Å²) in [5.41, 5.74) is 8.55. The van der Waals surface area contributed by atoms with Crippen molar-refractivity contribution in [2.24, 2.45) is 5.11 Å². The van der Waals surface area contributed by atoms with Crippen molar-refractivity contribution in [3.05, 3.63) is 49.0 Å². The zero-order chi connectivity index (χ0) is 12.0. The summed E-state index contributed by atoms with van der Waals surface area (Å²) >= 11 is 6.48. The predicted octanol–water partition coefficient (Wildman–Crippen LogP) is 5.06. The Balaban J connectivity index is 2.77. The SMILES string of the molecule is [N-]=[N+]=NCCC=Cc1c(F)cc(Br)cc1Br. The molecule has 3 nitrogen and oxygen atoms in total. The Morgan fingerprint density at radius 3 is 2.81 bits per heavy atom. The van der Waals surface area contributed by atoms with Crippen molar-refractivity contribution < 1.29 is 4.39 Å². The van der Waals surface area contributed by atoms with Crippen molar-refractivity contribution in [2.75, 3.05) is 6.54 Å². The molecule has 84 valence electrons. The highest BCUT2D eigenvalue weighted by molar-refractivity contribution is 9.11. The van der Waals surface area contributed by atoms with E-state index in [2.05, 4.69) is 41.9 Å². The Labute approximate surface area is 109 Å². The smallest absolute Gasteiger partial charge is 0.132 e. The standard InChI is InChI=1S/C10H8Br2FN3/c11-7-5-9(12)8(10(13)6-7)3-1-2-4-15-16-14/h1,3,5-6H,2,4H2. The molecular formula is C10H8Br2FN3. The summed E-state index contributed by atoms with van der Waals surface area (Å²) in [5.74, 6) is -0.304. The van der Waals surface area contributed by atoms with Crippen LogP contribution in [0, 0.1) is 5.82 Å². The third-order valence-electron chi connectivity index (χ3n) is 1.79. The molecule has 0 aliphatic rings. The van der Waals surface area contributed by atoms with Crippen molar-refractivity contribution in [1.29, 1.82) is 0 Å². The number of rotatable bonds is 4. The maximum atomic E-state index is 13.5. The first-order chi connectivity index (χ1) is 7.65. The van der Waals surface area contributed by atoms with Gasteiger partial charge in [0.05, 0.1) is 0 Å². The van der Waals surface area contributed by atoms with Crippen LogP contribution in [0.5, 0.6) is 0 Å². The van der Waals surface area contributed by atoms with Gasteiger partial charge in [-0.1, -0.05) is 49.1 Å². The number of nitrogens with zero attached hydrogens (tertiary/aromatic N) is 3. The van der Waals surface area contributed by atoms with E-state index >= 15 is 0 Å². The minimum Gasteiger partial charge on any atom is -0.206 e. The van der Waals surface area contributed by atoms with E-state index in [1.54, 1.807) is 18.2 Å². The minimum atomic E-state index is -0.304. The van der Waals surface area contributed by atoms with Crippen molar-refractivity contribution >= 4 is 37.9 Å². The molecule has 0 radical (unpaired) electrons. The fourth-order valence-corrected chi connectivity index (χ4v) is 2.40. The van der Waals surface area contributed by atoms with Crippen molar-refractivity contribution in [1.82, 2.24) is 0 Å². The minimum absolute atomic E-state index is 0.304. The first-order valence-electron chi connectivity index (χ1n) is 4.47. The quantitative estimate of drug-likeness (QED) is 0.316. The van der Waals surface area contributed by atoms with E-state index in [4.69, 9.17) is 5.53 Å². The zero-order valence-corrected chi connectivity index (χ0v) is 11.4.